The minimum atomic E-state index is -0.523. The number of hydrogen-bond donors (Lipinski definition) is 2. The lowest BCUT2D eigenvalue weighted by atomic mass is 10.1. The maximum Gasteiger partial charge on any atom is 0.325 e. The molecule has 2 N–H and O–H groups in total. The first-order valence-electron chi connectivity index (χ1n) is 7.44. The van der Waals surface area contributed by atoms with E-state index >= 15 is 0 Å². The van der Waals surface area contributed by atoms with Crippen molar-refractivity contribution in [3.63, 3.8) is 0 Å². The van der Waals surface area contributed by atoms with Crippen LogP contribution in [-0.4, -0.2) is 31.4 Å². The van der Waals surface area contributed by atoms with Gasteiger partial charge >= 0.3 is 5.97 Å². The van der Waals surface area contributed by atoms with Gasteiger partial charge in [-0.2, -0.15) is 0 Å². The van der Waals surface area contributed by atoms with Crippen LogP contribution in [0.4, 0.5) is 5.69 Å². The Bertz CT molecular complexity index is 803. The molecule has 0 unspecified atom stereocenters. The second-order valence-corrected chi connectivity index (χ2v) is 6.31. The van der Waals surface area contributed by atoms with Crippen molar-refractivity contribution >= 4 is 46.1 Å². The van der Waals surface area contributed by atoms with E-state index in [1.165, 1.54) is 7.11 Å². The highest BCUT2D eigenvalue weighted by atomic mass is 127. The first-order chi connectivity index (χ1) is 11.9. The van der Waals surface area contributed by atoms with Crippen LogP contribution in [0.25, 0.3) is 0 Å². The molecule has 0 fully saturated rings. The van der Waals surface area contributed by atoms with Crippen molar-refractivity contribution in [2.75, 3.05) is 19.0 Å². The second kappa shape index (κ2) is 8.61. The van der Waals surface area contributed by atoms with E-state index in [4.69, 9.17) is 0 Å². The molecule has 2 amide bonds. The minimum absolute atomic E-state index is 0.195. The Kier molecular flexibility index (Phi) is 6.51. The van der Waals surface area contributed by atoms with Crippen molar-refractivity contribution in [2.45, 2.75) is 6.92 Å². The predicted molar refractivity (Wildman–Crippen MR) is 103 cm³/mol. The molecule has 0 bridgehead atoms. The third-order valence-corrected chi connectivity index (χ3v) is 4.89. The van der Waals surface area contributed by atoms with Gasteiger partial charge in [0.25, 0.3) is 11.8 Å². The molecule has 0 aromatic heterocycles. The molecule has 2 aromatic rings. The Hall–Kier alpha value is -2.42. The number of carbonyl (C=O) groups excluding carboxylic acids is 3. The van der Waals surface area contributed by atoms with Crippen molar-refractivity contribution in [3.05, 3.63) is 62.7 Å². The highest BCUT2D eigenvalue weighted by Crippen LogP contribution is 2.18. The van der Waals surface area contributed by atoms with Gasteiger partial charge in [-0.1, -0.05) is 12.1 Å². The van der Waals surface area contributed by atoms with Crippen LogP contribution < -0.4 is 10.6 Å². The van der Waals surface area contributed by atoms with Crippen LogP contribution in [0.2, 0.25) is 0 Å². The number of methoxy groups -OCH3 is 1. The van der Waals surface area contributed by atoms with Crippen LogP contribution in [0.5, 0.6) is 0 Å². The quantitative estimate of drug-likeness (QED) is 0.540. The van der Waals surface area contributed by atoms with Crippen LogP contribution >= 0.6 is 22.6 Å². The van der Waals surface area contributed by atoms with Gasteiger partial charge in [-0.3, -0.25) is 14.4 Å². The largest absolute Gasteiger partial charge is 0.468 e. The Labute approximate surface area is 159 Å². The molecule has 6 nitrogen and oxygen atoms in total. The van der Waals surface area contributed by atoms with Crippen molar-refractivity contribution in [2.24, 2.45) is 0 Å². The summed E-state index contributed by atoms with van der Waals surface area (Å²) in [6.07, 6.45) is 0. The molecule has 130 valence electrons. The number of ether oxygens (including phenoxy) is 1. The van der Waals surface area contributed by atoms with Gasteiger partial charge < -0.3 is 15.4 Å². The lowest BCUT2D eigenvalue weighted by Crippen LogP contribution is -2.30. The number of amides is 2. The standard InChI is InChI=1S/C18H17IN2O4/c1-11-4-3-5-14(16(11)19)18(24)21-13-8-6-12(7-9-13)17(23)20-10-15(22)25-2/h3-9H,10H2,1-2H3,(H,20,23)(H,21,24). The molecule has 0 aliphatic heterocycles. The molecule has 0 spiro atoms. The van der Waals surface area contributed by atoms with E-state index in [-0.39, 0.29) is 12.5 Å². The van der Waals surface area contributed by atoms with E-state index in [9.17, 15) is 14.4 Å². The monoisotopic (exact) mass is 452 g/mol. The summed E-state index contributed by atoms with van der Waals surface area (Å²) >= 11 is 2.14. The van der Waals surface area contributed by atoms with E-state index in [1.807, 2.05) is 19.1 Å². The SMILES string of the molecule is COC(=O)CNC(=O)c1ccc(NC(=O)c2cccc(C)c2I)cc1. The second-order valence-electron chi connectivity index (χ2n) is 5.23. The third-order valence-electron chi connectivity index (χ3n) is 3.46. The Morgan fingerprint density at radius 3 is 2.36 bits per heavy atom. The van der Waals surface area contributed by atoms with Gasteiger partial charge in [-0.15, -0.1) is 0 Å². The number of hydrogen-bond acceptors (Lipinski definition) is 4. The van der Waals surface area contributed by atoms with Crippen LogP contribution in [0.1, 0.15) is 26.3 Å². The van der Waals surface area contributed by atoms with Gasteiger partial charge in [0.1, 0.15) is 6.54 Å². The zero-order valence-electron chi connectivity index (χ0n) is 13.8. The molecule has 7 heteroatoms. The number of esters is 1. The summed E-state index contributed by atoms with van der Waals surface area (Å²) in [5.74, 6) is -1.13. The van der Waals surface area contributed by atoms with Gasteiger partial charge in [-0.05, 0) is 65.4 Å². The highest BCUT2D eigenvalue weighted by Gasteiger charge is 2.12. The van der Waals surface area contributed by atoms with E-state index in [1.54, 1.807) is 30.3 Å². The highest BCUT2D eigenvalue weighted by molar-refractivity contribution is 14.1. The summed E-state index contributed by atoms with van der Waals surface area (Å²) in [7, 11) is 1.25. The molecular weight excluding hydrogens is 435 g/mol. The summed E-state index contributed by atoms with van der Waals surface area (Å²) in [4.78, 5) is 35.3. The Morgan fingerprint density at radius 1 is 1.04 bits per heavy atom. The number of nitrogens with one attached hydrogen (secondary N) is 2. The van der Waals surface area contributed by atoms with Crippen molar-refractivity contribution in [3.8, 4) is 0 Å². The Balaban J connectivity index is 2.02. The molecule has 0 saturated heterocycles. The zero-order chi connectivity index (χ0) is 18.4. The predicted octanol–water partition coefficient (Wildman–Crippen LogP) is 2.75. The smallest absolute Gasteiger partial charge is 0.325 e. The minimum Gasteiger partial charge on any atom is -0.468 e. The van der Waals surface area contributed by atoms with E-state index < -0.39 is 11.9 Å². The first kappa shape index (κ1) is 18.9. The van der Waals surface area contributed by atoms with Crippen molar-refractivity contribution in [1.29, 1.82) is 0 Å². The van der Waals surface area contributed by atoms with Crippen LogP contribution in [0, 0.1) is 10.5 Å². The third kappa shape index (κ3) is 5.02. The lowest BCUT2D eigenvalue weighted by Gasteiger charge is -2.09. The van der Waals surface area contributed by atoms with Gasteiger partial charge in [0.05, 0.1) is 12.7 Å². The normalized spacial score (nSPS) is 10.0. The molecule has 0 radical (unpaired) electrons. The number of aryl methyl sites for hydroxylation is 1. The average molecular weight is 452 g/mol. The molecule has 0 heterocycles. The number of anilines is 1. The van der Waals surface area contributed by atoms with E-state index in [0.29, 0.717) is 16.8 Å². The maximum absolute atomic E-state index is 12.4. The van der Waals surface area contributed by atoms with Gasteiger partial charge in [0, 0.05) is 14.8 Å². The molecule has 0 saturated carbocycles. The van der Waals surface area contributed by atoms with E-state index in [2.05, 4.69) is 38.0 Å². The van der Waals surface area contributed by atoms with Crippen LogP contribution in [-0.2, 0) is 9.53 Å². The maximum atomic E-state index is 12.4. The van der Waals surface area contributed by atoms with Gasteiger partial charge in [0.15, 0.2) is 0 Å². The number of halogens is 1. The molecule has 2 rings (SSSR count). The number of carbonyl (C=O) groups is 3. The summed E-state index contributed by atoms with van der Waals surface area (Å²) in [6.45, 7) is 1.75. The molecule has 25 heavy (non-hydrogen) atoms. The van der Waals surface area contributed by atoms with Gasteiger partial charge in [-0.25, -0.2) is 0 Å². The molecule has 2 aromatic carbocycles. The van der Waals surface area contributed by atoms with Crippen LogP contribution in [0.15, 0.2) is 42.5 Å². The van der Waals surface area contributed by atoms with Crippen molar-refractivity contribution < 1.29 is 19.1 Å². The number of rotatable bonds is 5. The zero-order valence-corrected chi connectivity index (χ0v) is 15.9. The molecule has 0 atom stereocenters. The molecule has 0 aliphatic rings. The van der Waals surface area contributed by atoms with Crippen molar-refractivity contribution in [1.82, 2.24) is 5.32 Å². The first-order valence-corrected chi connectivity index (χ1v) is 8.51. The molecule has 0 aliphatic carbocycles. The summed E-state index contributed by atoms with van der Waals surface area (Å²) < 4.78 is 5.36. The van der Waals surface area contributed by atoms with E-state index in [0.717, 1.165) is 9.13 Å². The fraction of sp³-hybridized carbons (Fsp3) is 0.167. The lowest BCUT2D eigenvalue weighted by molar-refractivity contribution is -0.139. The fourth-order valence-corrected chi connectivity index (χ4v) is 2.66. The topological polar surface area (TPSA) is 84.5 Å². The Morgan fingerprint density at radius 2 is 1.72 bits per heavy atom. The average Bonchev–Trinajstić information content (AvgIpc) is 2.62. The summed E-state index contributed by atoms with van der Waals surface area (Å²) in [6, 6.07) is 12.0. The molecular formula is C18H17IN2O4. The van der Waals surface area contributed by atoms with Gasteiger partial charge in [0.2, 0.25) is 0 Å². The summed E-state index contributed by atoms with van der Waals surface area (Å²) in [5.41, 5.74) is 2.59. The fourth-order valence-electron chi connectivity index (χ4n) is 2.05. The number of benzene rings is 2. The van der Waals surface area contributed by atoms with Crippen LogP contribution in [0.3, 0.4) is 0 Å². The summed E-state index contributed by atoms with van der Waals surface area (Å²) in [5, 5.41) is 5.25.